The molecule has 32 heavy (non-hydrogen) atoms. The summed E-state index contributed by atoms with van der Waals surface area (Å²) in [6.07, 6.45) is 3.60. The second-order valence-electron chi connectivity index (χ2n) is 7.72. The lowest BCUT2D eigenvalue weighted by molar-refractivity contribution is 0.794. The minimum atomic E-state index is -0.237. The SMILES string of the molecule is NCc1cccc(Cn2cc(-c3nc4cc5[nH]cnc5cc4[nH]c3=O)c3ccccc32)n1. The zero-order chi connectivity index (χ0) is 21.7. The van der Waals surface area contributed by atoms with E-state index in [1.165, 1.54) is 0 Å². The Kier molecular flexibility index (Phi) is 4.12. The number of aromatic amines is 2. The number of benzene rings is 2. The van der Waals surface area contributed by atoms with E-state index in [4.69, 9.17) is 10.7 Å². The van der Waals surface area contributed by atoms with Gasteiger partial charge in [-0.3, -0.25) is 9.78 Å². The number of hydrogen-bond donors (Lipinski definition) is 3. The fourth-order valence-corrected chi connectivity index (χ4v) is 4.17. The number of imidazole rings is 1. The van der Waals surface area contributed by atoms with E-state index in [9.17, 15) is 4.79 Å². The summed E-state index contributed by atoms with van der Waals surface area (Å²) in [6, 6.07) is 17.6. The number of aromatic nitrogens is 6. The summed E-state index contributed by atoms with van der Waals surface area (Å²) in [7, 11) is 0. The van der Waals surface area contributed by atoms with Gasteiger partial charge < -0.3 is 20.3 Å². The highest BCUT2D eigenvalue weighted by Crippen LogP contribution is 2.29. The molecule has 0 radical (unpaired) electrons. The highest BCUT2D eigenvalue weighted by atomic mass is 16.1. The number of rotatable bonds is 4. The van der Waals surface area contributed by atoms with Crippen LogP contribution in [0.25, 0.3) is 44.2 Å². The average molecular weight is 421 g/mol. The molecule has 0 aliphatic rings. The van der Waals surface area contributed by atoms with Crippen LogP contribution >= 0.6 is 0 Å². The van der Waals surface area contributed by atoms with Crippen molar-refractivity contribution in [3.63, 3.8) is 0 Å². The highest BCUT2D eigenvalue weighted by molar-refractivity contribution is 5.97. The Morgan fingerprint density at radius 2 is 1.78 bits per heavy atom. The Labute approximate surface area is 181 Å². The van der Waals surface area contributed by atoms with E-state index in [1.807, 2.05) is 60.8 Å². The molecule has 6 rings (SSSR count). The Morgan fingerprint density at radius 3 is 2.69 bits per heavy atom. The molecule has 0 bridgehead atoms. The lowest BCUT2D eigenvalue weighted by atomic mass is 10.1. The molecule has 0 spiro atoms. The lowest BCUT2D eigenvalue weighted by Crippen LogP contribution is -2.11. The molecule has 2 aromatic carbocycles. The third-order valence-electron chi connectivity index (χ3n) is 5.68. The average Bonchev–Trinajstić information content (AvgIpc) is 3.42. The van der Waals surface area contributed by atoms with Crippen LogP contribution < -0.4 is 11.3 Å². The summed E-state index contributed by atoms with van der Waals surface area (Å²) in [4.78, 5) is 32.7. The summed E-state index contributed by atoms with van der Waals surface area (Å²) < 4.78 is 2.09. The van der Waals surface area contributed by atoms with Gasteiger partial charge in [-0.2, -0.15) is 0 Å². The number of nitrogens with one attached hydrogen (secondary N) is 2. The van der Waals surface area contributed by atoms with Crippen molar-refractivity contribution in [1.29, 1.82) is 0 Å². The van der Waals surface area contributed by atoms with Crippen molar-refractivity contribution >= 4 is 33.0 Å². The van der Waals surface area contributed by atoms with E-state index in [0.29, 0.717) is 29.8 Å². The van der Waals surface area contributed by atoms with Gasteiger partial charge in [-0.05, 0) is 30.3 Å². The molecule has 8 heteroatoms. The molecule has 0 saturated carbocycles. The molecule has 6 aromatic rings. The van der Waals surface area contributed by atoms with Crippen LogP contribution in [0.3, 0.4) is 0 Å². The fraction of sp³-hybridized carbons (Fsp3) is 0.0833. The number of nitrogens with two attached hydrogens (primary N) is 1. The maximum Gasteiger partial charge on any atom is 0.275 e. The van der Waals surface area contributed by atoms with Crippen LogP contribution in [0.5, 0.6) is 0 Å². The molecular formula is C24H19N7O. The summed E-state index contributed by atoms with van der Waals surface area (Å²) in [5, 5.41) is 0.961. The first kappa shape index (κ1) is 18.5. The van der Waals surface area contributed by atoms with Crippen LogP contribution in [-0.2, 0) is 13.1 Å². The minimum Gasteiger partial charge on any atom is -0.345 e. The van der Waals surface area contributed by atoms with E-state index in [0.717, 1.165) is 38.9 Å². The van der Waals surface area contributed by atoms with Crippen LogP contribution in [0, 0.1) is 0 Å². The van der Waals surface area contributed by atoms with Gasteiger partial charge in [0.1, 0.15) is 5.69 Å². The molecule has 0 aliphatic heterocycles. The number of pyridine rings is 1. The molecule has 0 unspecified atom stereocenters. The topological polar surface area (TPSA) is 118 Å². The number of hydrogen-bond acceptors (Lipinski definition) is 5. The van der Waals surface area contributed by atoms with Crippen molar-refractivity contribution < 1.29 is 0 Å². The molecule has 0 amide bonds. The third kappa shape index (κ3) is 2.97. The van der Waals surface area contributed by atoms with E-state index >= 15 is 0 Å². The van der Waals surface area contributed by atoms with Crippen LogP contribution in [0.15, 0.2) is 71.9 Å². The summed E-state index contributed by atoms with van der Waals surface area (Å²) in [5.74, 6) is 0. The number of fused-ring (bicyclic) bond motifs is 3. The van der Waals surface area contributed by atoms with Crippen LogP contribution in [0.2, 0.25) is 0 Å². The second kappa shape index (κ2) is 7.14. The van der Waals surface area contributed by atoms with E-state index in [2.05, 4.69) is 24.5 Å². The first-order valence-electron chi connectivity index (χ1n) is 10.3. The molecule has 4 heterocycles. The van der Waals surface area contributed by atoms with E-state index in [-0.39, 0.29) is 5.56 Å². The molecule has 0 aliphatic carbocycles. The normalized spacial score (nSPS) is 11.7. The monoisotopic (exact) mass is 421 g/mol. The number of para-hydroxylation sites is 1. The van der Waals surface area contributed by atoms with Crippen molar-refractivity contribution in [3.05, 3.63) is 88.9 Å². The van der Waals surface area contributed by atoms with Gasteiger partial charge in [0, 0.05) is 29.2 Å². The molecular weight excluding hydrogens is 402 g/mol. The third-order valence-corrected chi connectivity index (χ3v) is 5.68. The van der Waals surface area contributed by atoms with Gasteiger partial charge in [-0.15, -0.1) is 0 Å². The summed E-state index contributed by atoms with van der Waals surface area (Å²) in [6.45, 7) is 0.958. The lowest BCUT2D eigenvalue weighted by Gasteiger charge is -2.06. The van der Waals surface area contributed by atoms with Gasteiger partial charge in [0.05, 0.1) is 46.3 Å². The van der Waals surface area contributed by atoms with E-state index in [1.54, 1.807) is 6.33 Å². The first-order chi connectivity index (χ1) is 15.7. The predicted molar refractivity (Wildman–Crippen MR) is 124 cm³/mol. The molecule has 4 aromatic heterocycles. The Morgan fingerprint density at radius 1 is 0.938 bits per heavy atom. The second-order valence-corrected chi connectivity index (χ2v) is 7.72. The van der Waals surface area contributed by atoms with Gasteiger partial charge in [0.2, 0.25) is 0 Å². The van der Waals surface area contributed by atoms with Crippen molar-refractivity contribution in [2.45, 2.75) is 13.1 Å². The molecule has 0 atom stereocenters. The largest absolute Gasteiger partial charge is 0.345 e. The molecule has 156 valence electrons. The maximum atomic E-state index is 13.0. The Balaban J connectivity index is 1.53. The van der Waals surface area contributed by atoms with Crippen LogP contribution in [0.1, 0.15) is 11.4 Å². The fourth-order valence-electron chi connectivity index (χ4n) is 4.17. The Bertz CT molecular complexity index is 1680. The molecule has 0 fully saturated rings. The minimum absolute atomic E-state index is 0.237. The smallest absolute Gasteiger partial charge is 0.275 e. The number of H-pyrrole nitrogens is 2. The van der Waals surface area contributed by atoms with Gasteiger partial charge in [0.15, 0.2) is 0 Å². The Hall–Kier alpha value is -4.30. The molecule has 4 N–H and O–H groups in total. The molecule has 0 saturated heterocycles. The predicted octanol–water partition coefficient (Wildman–Crippen LogP) is 3.32. The molecule has 8 nitrogen and oxygen atoms in total. The number of nitrogens with zero attached hydrogens (tertiary/aromatic N) is 4. The van der Waals surface area contributed by atoms with Crippen molar-refractivity contribution in [2.24, 2.45) is 5.73 Å². The van der Waals surface area contributed by atoms with E-state index < -0.39 is 0 Å². The van der Waals surface area contributed by atoms with Gasteiger partial charge in [0.25, 0.3) is 5.56 Å². The summed E-state index contributed by atoms with van der Waals surface area (Å²) >= 11 is 0. The van der Waals surface area contributed by atoms with Crippen molar-refractivity contribution in [1.82, 2.24) is 29.5 Å². The van der Waals surface area contributed by atoms with Gasteiger partial charge in [-0.1, -0.05) is 24.3 Å². The zero-order valence-corrected chi connectivity index (χ0v) is 17.0. The van der Waals surface area contributed by atoms with Crippen molar-refractivity contribution in [3.8, 4) is 11.3 Å². The standard InChI is InChI=1S/C24H19N7O/c25-10-14-4-3-5-15(28-14)11-31-12-17(16-6-1-2-7-22(16)31)23-24(32)30-21-9-19-18(26-13-27-19)8-20(21)29-23/h1-9,12-13H,10-11,25H2,(H,26,27)(H,30,32). The van der Waals surface area contributed by atoms with Gasteiger partial charge >= 0.3 is 0 Å². The van der Waals surface area contributed by atoms with Crippen LogP contribution in [-0.4, -0.2) is 29.5 Å². The quantitative estimate of drug-likeness (QED) is 0.403. The zero-order valence-electron chi connectivity index (χ0n) is 17.0. The van der Waals surface area contributed by atoms with Gasteiger partial charge in [-0.25, -0.2) is 9.97 Å². The van der Waals surface area contributed by atoms with Crippen molar-refractivity contribution in [2.75, 3.05) is 0 Å². The first-order valence-corrected chi connectivity index (χ1v) is 10.3. The summed E-state index contributed by atoms with van der Waals surface area (Å²) in [5.41, 5.74) is 12.4. The maximum absolute atomic E-state index is 13.0. The highest BCUT2D eigenvalue weighted by Gasteiger charge is 2.16. The van der Waals surface area contributed by atoms with Crippen LogP contribution in [0.4, 0.5) is 0 Å².